The van der Waals surface area contributed by atoms with Crippen LogP contribution >= 0.6 is 0 Å². The van der Waals surface area contributed by atoms with E-state index in [9.17, 15) is 4.79 Å². The van der Waals surface area contributed by atoms with Crippen molar-refractivity contribution >= 4 is 35.5 Å². The van der Waals surface area contributed by atoms with Crippen molar-refractivity contribution in [3.05, 3.63) is 83.4 Å². The Morgan fingerprint density at radius 1 is 0.781 bits per heavy atom. The van der Waals surface area contributed by atoms with Crippen LogP contribution in [0, 0.1) is 0 Å². The maximum atomic E-state index is 12.1. The van der Waals surface area contributed by atoms with Gasteiger partial charge in [-0.25, -0.2) is 0 Å². The van der Waals surface area contributed by atoms with Crippen LogP contribution in [0.3, 0.4) is 0 Å². The third-order valence-electron chi connectivity index (χ3n) is 4.74. The van der Waals surface area contributed by atoms with E-state index in [1.807, 2.05) is 60.7 Å². The van der Waals surface area contributed by atoms with Gasteiger partial charge in [-0.3, -0.25) is 4.79 Å². The van der Waals surface area contributed by atoms with E-state index >= 15 is 0 Å². The molecule has 0 aliphatic carbocycles. The minimum Gasteiger partial charge on any atom is -0.493 e. The third-order valence-corrected chi connectivity index (χ3v) is 4.74. The van der Waals surface area contributed by atoms with E-state index in [2.05, 4.69) is 5.32 Å². The van der Waals surface area contributed by atoms with Gasteiger partial charge in [0.25, 0.3) is 0 Å². The molecule has 0 fully saturated rings. The molecule has 0 aliphatic heterocycles. The van der Waals surface area contributed by atoms with Crippen LogP contribution in [0.5, 0.6) is 17.2 Å². The maximum Gasteiger partial charge on any atom is 0.248 e. The van der Waals surface area contributed by atoms with Crippen molar-refractivity contribution in [2.75, 3.05) is 32.4 Å². The molecule has 3 aromatic rings. The normalized spacial score (nSPS) is 11.0. The molecule has 6 nitrogen and oxygen atoms in total. The summed E-state index contributed by atoms with van der Waals surface area (Å²) in [5.74, 6) is 1.52. The van der Waals surface area contributed by atoms with Gasteiger partial charge in [-0.2, -0.15) is 0 Å². The lowest BCUT2D eigenvalue weighted by molar-refractivity contribution is -0.111. The molecule has 32 heavy (non-hydrogen) atoms. The summed E-state index contributed by atoms with van der Waals surface area (Å²) in [6, 6.07) is 18.7. The highest BCUT2D eigenvalue weighted by atomic mass is 16.5. The van der Waals surface area contributed by atoms with E-state index in [0.29, 0.717) is 28.6 Å². The van der Waals surface area contributed by atoms with E-state index in [4.69, 9.17) is 19.9 Å². The van der Waals surface area contributed by atoms with Gasteiger partial charge in [0.2, 0.25) is 11.7 Å². The fraction of sp³-hybridized carbons (Fsp3) is 0.115. The predicted molar refractivity (Wildman–Crippen MR) is 130 cm³/mol. The molecule has 3 rings (SSSR count). The highest BCUT2D eigenvalue weighted by Gasteiger charge is 2.11. The Morgan fingerprint density at radius 3 is 1.91 bits per heavy atom. The van der Waals surface area contributed by atoms with Crippen molar-refractivity contribution in [2.24, 2.45) is 0 Å². The number of methoxy groups -OCH3 is 3. The minimum atomic E-state index is -0.241. The van der Waals surface area contributed by atoms with E-state index in [1.165, 1.54) is 6.08 Å². The summed E-state index contributed by atoms with van der Waals surface area (Å²) in [6.07, 6.45) is 7.18. The van der Waals surface area contributed by atoms with Gasteiger partial charge in [-0.1, -0.05) is 48.6 Å². The molecule has 164 valence electrons. The molecule has 3 N–H and O–H groups in total. The summed E-state index contributed by atoms with van der Waals surface area (Å²) in [7, 11) is 4.75. The summed E-state index contributed by atoms with van der Waals surface area (Å²) in [5, 5.41) is 2.77. The fourth-order valence-electron chi connectivity index (χ4n) is 3.07. The van der Waals surface area contributed by atoms with Gasteiger partial charge >= 0.3 is 0 Å². The highest BCUT2D eigenvalue weighted by molar-refractivity contribution is 6.03. The second kappa shape index (κ2) is 10.7. The first-order chi connectivity index (χ1) is 15.5. The van der Waals surface area contributed by atoms with Gasteiger partial charge in [0, 0.05) is 6.08 Å². The zero-order chi connectivity index (χ0) is 22.9. The number of nitrogens with two attached hydrogens (primary N) is 1. The maximum absolute atomic E-state index is 12.1. The predicted octanol–water partition coefficient (Wildman–Crippen LogP) is 5.12. The summed E-state index contributed by atoms with van der Waals surface area (Å²) in [5.41, 5.74) is 9.80. The molecule has 0 atom stereocenters. The van der Waals surface area contributed by atoms with E-state index in [-0.39, 0.29) is 5.91 Å². The van der Waals surface area contributed by atoms with Crippen LogP contribution in [-0.4, -0.2) is 27.2 Å². The molecule has 0 saturated carbocycles. The monoisotopic (exact) mass is 430 g/mol. The number of anilines is 2. The lowest BCUT2D eigenvalue weighted by Crippen LogP contribution is -2.09. The molecular weight excluding hydrogens is 404 g/mol. The Hall–Kier alpha value is -4.19. The molecule has 0 unspecified atom stereocenters. The average Bonchev–Trinajstić information content (AvgIpc) is 2.82. The zero-order valence-electron chi connectivity index (χ0n) is 18.3. The van der Waals surface area contributed by atoms with Crippen LogP contribution in [0.4, 0.5) is 11.4 Å². The van der Waals surface area contributed by atoms with Crippen molar-refractivity contribution in [3.8, 4) is 17.2 Å². The van der Waals surface area contributed by atoms with E-state index < -0.39 is 0 Å². The second-order valence-corrected chi connectivity index (χ2v) is 6.87. The van der Waals surface area contributed by atoms with E-state index in [1.54, 1.807) is 39.5 Å². The number of nitrogens with one attached hydrogen (secondary N) is 1. The molecule has 3 aromatic carbocycles. The molecule has 0 spiro atoms. The van der Waals surface area contributed by atoms with Crippen molar-refractivity contribution in [1.29, 1.82) is 0 Å². The Balaban J connectivity index is 1.67. The minimum absolute atomic E-state index is 0.241. The Morgan fingerprint density at radius 2 is 1.34 bits per heavy atom. The first-order valence-corrected chi connectivity index (χ1v) is 9.95. The standard InChI is InChI=1S/C26H26N2O4/c1-30-23-16-20(17-24(31-2)26(23)32-3)13-12-18-8-10-19(11-9-18)14-15-25(29)28-22-7-5-4-6-21(22)27/h4-17H,27H2,1-3H3,(H,28,29). The number of amides is 1. The number of carbonyl (C=O) groups is 1. The number of rotatable bonds is 8. The zero-order valence-corrected chi connectivity index (χ0v) is 18.3. The molecule has 1 amide bonds. The highest BCUT2D eigenvalue weighted by Crippen LogP contribution is 2.38. The number of hydrogen-bond donors (Lipinski definition) is 2. The average molecular weight is 431 g/mol. The van der Waals surface area contributed by atoms with Gasteiger partial charge in [0.1, 0.15) is 0 Å². The van der Waals surface area contributed by atoms with Crippen molar-refractivity contribution in [2.45, 2.75) is 0 Å². The quantitative estimate of drug-likeness (QED) is 0.295. The van der Waals surface area contributed by atoms with Gasteiger partial charge in [0.15, 0.2) is 11.5 Å². The van der Waals surface area contributed by atoms with Crippen LogP contribution in [-0.2, 0) is 4.79 Å². The lowest BCUT2D eigenvalue weighted by Gasteiger charge is -2.12. The van der Waals surface area contributed by atoms with Crippen molar-refractivity contribution < 1.29 is 19.0 Å². The van der Waals surface area contributed by atoms with Crippen LogP contribution < -0.4 is 25.3 Å². The number of ether oxygens (including phenoxy) is 3. The Bertz CT molecular complexity index is 1110. The SMILES string of the molecule is COc1cc(C=Cc2ccc(C=CC(=O)Nc3ccccc3N)cc2)cc(OC)c1OC. The smallest absolute Gasteiger partial charge is 0.248 e. The first-order valence-electron chi connectivity index (χ1n) is 9.95. The van der Waals surface area contributed by atoms with Gasteiger partial charge in [-0.15, -0.1) is 0 Å². The lowest BCUT2D eigenvalue weighted by atomic mass is 10.1. The van der Waals surface area contributed by atoms with Gasteiger partial charge in [0.05, 0.1) is 32.7 Å². The van der Waals surface area contributed by atoms with Crippen LogP contribution in [0.25, 0.3) is 18.2 Å². The molecule has 0 aliphatic rings. The molecule has 0 saturated heterocycles. The molecule has 0 radical (unpaired) electrons. The molecule has 0 aromatic heterocycles. The third kappa shape index (κ3) is 5.70. The number of carbonyl (C=O) groups excluding carboxylic acids is 1. The van der Waals surface area contributed by atoms with Crippen LogP contribution in [0.1, 0.15) is 16.7 Å². The summed E-state index contributed by atoms with van der Waals surface area (Å²) < 4.78 is 16.1. The molecular formula is C26H26N2O4. The first kappa shape index (κ1) is 22.5. The number of hydrogen-bond acceptors (Lipinski definition) is 5. The summed E-state index contributed by atoms with van der Waals surface area (Å²) >= 11 is 0. The Labute approximate surface area is 187 Å². The van der Waals surface area contributed by atoms with Crippen molar-refractivity contribution in [3.63, 3.8) is 0 Å². The van der Waals surface area contributed by atoms with E-state index in [0.717, 1.165) is 16.7 Å². The second-order valence-electron chi connectivity index (χ2n) is 6.87. The largest absolute Gasteiger partial charge is 0.493 e. The van der Waals surface area contributed by atoms with Gasteiger partial charge < -0.3 is 25.3 Å². The Kier molecular flexibility index (Phi) is 7.54. The molecule has 0 bridgehead atoms. The number of nitrogen functional groups attached to an aromatic ring is 1. The molecule has 6 heteroatoms. The topological polar surface area (TPSA) is 82.8 Å². The summed E-state index contributed by atoms with van der Waals surface area (Å²) in [4.78, 5) is 12.1. The van der Waals surface area contributed by atoms with Crippen LogP contribution in [0.15, 0.2) is 66.7 Å². The van der Waals surface area contributed by atoms with Crippen LogP contribution in [0.2, 0.25) is 0 Å². The fourth-order valence-corrected chi connectivity index (χ4v) is 3.07. The number of para-hydroxylation sites is 2. The van der Waals surface area contributed by atoms with Gasteiger partial charge in [-0.05, 0) is 47.0 Å². The van der Waals surface area contributed by atoms with Crippen molar-refractivity contribution in [1.82, 2.24) is 0 Å². The molecule has 0 heterocycles. The number of benzene rings is 3. The summed E-state index contributed by atoms with van der Waals surface area (Å²) in [6.45, 7) is 0.